The van der Waals surface area contributed by atoms with Crippen LogP contribution in [0.25, 0.3) is 0 Å². The van der Waals surface area contributed by atoms with Gasteiger partial charge in [-0.15, -0.1) is 0 Å². The molecule has 0 fully saturated rings. The first-order valence-electron chi connectivity index (χ1n) is 11.8. The van der Waals surface area contributed by atoms with Crippen LogP contribution in [0.4, 0.5) is 0 Å². The molecule has 3 heteroatoms. The Morgan fingerprint density at radius 3 is 0.853 bits per heavy atom. The zero-order valence-electron chi connectivity index (χ0n) is 18.8. The van der Waals surface area contributed by atoms with Gasteiger partial charge in [-0.3, -0.25) is 0 Å². The number of halogens is 1. The van der Waals surface area contributed by atoms with Crippen LogP contribution in [0.5, 0.6) is 0 Å². The van der Waals surface area contributed by atoms with Gasteiger partial charge in [0.15, 0.2) is 0 Å². The van der Waals surface area contributed by atoms with Gasteiger partial charge in [-0.1, -0.05) is 0 Å². The van der Waals surface area contributed by atoms with Gasteiger partial charge in [0, 0.05) is 0 Å². The zero-order chi connectivity index (χ0) is 23.0. The molecule has 0 aromatic heterocycles. The molecule has 1 aliphatic heterocycles. The van der Waals surface area contributed by atoms with E-state index in [4.69, 9.17) is 11.6 Å². The Morgan fingerprint density at radius 2 is 0.588 bits per heavy atom. The molecule has 0 saturated carbocycles. The van der Waals surface area contributed by atoms with Crippen molar-refractivity contribution in [3.8, 4) is 0 Å². The number of benzene rings is 5. The molecular formula is C31H27ClP2. The van der Waals surface area contributed by atoms with Crippen molar-refractivity contribution in [2.45, 2.75) is 4.86 Å². The predicted octanol–water partition coefficient (Wildman–Crippen LogP) is 5.28. The van der Waals surface area contributed by atoms with Crippen LogP contribution < -0.4 is 31.8 Å². The van der Waals surface area contributed by atoms with Gasteiger partial charge < -0.3 is 0 Å². The Bertz CT molecular complexity index is 1210. The van der Waals surface area contributed by atoms with E-state index in [2.05, 4.69) is 146 Å². The van der Waals surface area contributed by atoms with Crippen LogP contribution >= 0.6 is 26.1 Å². The monoisotopic (exact) mass is 496 g/mol. The van der Waals surface area contributed by atoms with Crippen LogP contribution in [0.2, 0.25) is 0 Å². The summed E-state index contributed by atoms with van der Waals surface area (Å²) in [5.74, 6) is 0. The van der Waals surface area contributed by atoms with E-state index in [0.29, 0.717) is 0 Å². The Kier molecular flexibility index (Phi) is 5.63. The molecule has 5 aromatic rings. The third kappa shape index (κ3) is 3.00. The summed E-state index contributed by atoms with van der Waals surface area (Å²) >= 11 is 8.08. The van der Waals surface area contributed by atoms with Gasteiger partial charge in [0.1, 0.15) is 0 Å². The van der Waals surface area contributed by atoms with Gasteiger partial charge in [-0.05, 0) is 0 Å². The fourth-order valence-corrected chi connectivity index (χ4v) is 23.3. The summed E-state index contributed by atoms with van der Waals surface area (Å²) in [5.41, 5.74) is 0. The quantitative estimate of drug-likeness (QED) is 0.235. The maximum atomic E-state index is 8.08. The first-order valence-corrected chi connectivity index (χ1v) is 16.4. The summed E-state index contributed by atoms with van der Waals surface area (Å²) in [6, 6.07) is 53.5. The third-order valence-corrected chi connectivity index (χ3v) is 21.3. The molecule has 6 rings (SSSR count). The molecule has 0 aliphatic carbocycles. The van der Waals surface area contributed by atoms with E-state index in [0.717, 1.165) is 0 Å². The van der Waals surface area contributed by atoms with Crippen molar-refractivity contribution in [1.29, 1.82) is 0 Å². The summed E-state index contributed by atoms with van der Waals surface area (Å²) in [6.07, 6.45) is 0. The Hall–Kier alpha value is -2.75. The van der Waals surface area contributed by atoms with Crippen LogP contribution in [0, 0.1) is 0 Å². The fourth-order valence-electron chi connectivity index (χ4n) is 6.11. The number of fused-ring (bicyclic) bond motifs is 1. The topological polar surface area (TPSA) is 0 Å². The van der Waals surface area contributed by atoms with Crippen molar-refractivity contribution in [3.05, 3.63) is 146 Å². The number of hydrogen-bond donors (Lipinski definition) is 0. The van der Waals surface area contributed by atoms with E-state index in [-0.39, 0.29) is 4.86 Å². The van der Waals surface area contributed by atoms with Crippen LogP contribution in [0.15, 0.2) is 146 Å². The van der Waals surface area contributed by atoms with E-state index in [1.54, 1.807) is 0 Å². The predicted molar refractivity (Wildman–Crippen MR) is 156 cm³/mol. The maximum absolute atomic E-state index is 8.08. The van der Waals surface area contributed by atoms with Gasteiger partial charge in [0.2, 0.25) is 0 Å². The number of rotatable bonds is 4. The first-order chi connectivity index (χ1) is 16.8. The summed E-state index contributed by atoms with van der Waals surface area (Å²) in [7, 11) is -5.16. The van der Waals surface area contributed by atoms with Crippen molar-refractivity contribution < 1.29 is 0 Å². The number of hydrogen-bond acceptors (Lipinski definition) is 0. The molecule has 0 nitrogen and oxygen atoms in total. The molecule has 0 spiro atoms. The van der Waals surface area contributed by atoms with Crippen molar-refractivity contribution in [2.24, 2.45) is 0 Å². The first kappa shape index (κ1) is 21.8. The molecule has 5 aromatic carbocycles. The Labute approximate surface area is 207 Å². The fraction of sp³-hybridized carbons (Fsp3) is 0.0323. The minimum atomic E-state index is -2.58. The van der Waals surface area contributed by atoms with Crippen LogP contribution in [-0.4, -0.2) is 4.86 Å². The van der Waals surface area contributed by atoms with E-state index in [1.807, 2.05) is 0 Å². The molecule has 1 aliphatic rings. The molecular weight excluding hydrogens is 470 g/mol. The molecule has 0 bridgehead atoms. The number of alkyl halides is 1. The Morgan fingerprint density at radius 1 is 0.353 bits per heavy atom. The van der Waals surface area contributed by atoms with Crippen molar-refractivity contribution in [1.82, 2.24) is 0 Å². The second kappa shape index (κ2) is 8.79. The average molecular weight is 497 g/mol. The van der Waals surface area contributed by atoms with E-state index >= 15 is 0 Å². The molecule has 0 saturated heterocycles. The van der Waals surface area contributed by atoms with E-state index < -0.39 is 14.5 Å². The van der Waals surface area contributed by atoms with Crippen molar-refractivity contribution >= 4 is 58.0 Å². The molecule has 0 N–H and O–H groups in total. The van der Waals surface area contributed by atoms with Gasteiger partial charge in [0.05, 0.1) is 0 Å². The molecule has 0 atom stereocenters. The molecule has 168 valence electrons. The third-order valence-electron chi connectivity index (χ3n) is 7.45. The summed E-state index contributed by atoms with van der Waals surface area (Å²) in [4.78, 5) is -0.0213. The normalized spacial score (nSPS) is 19.6. The minimum absolute atomic E-state index is 0.0213. The average Bonchev–Trinajstić information content (AvgIpc) is 3.17. The van der Waals surface area contributed by atoms with Crippen molar-refractivity contribution in [2.75, 3.05) is 0 Å². The molecule has 0 amide bonds. The molecule has 0 unspecified atom stereocenters. The molecule has 1 heterocycles. The van der Waals surface area contributed by atoms with Crippen LogP contribution in [0.3, 0.4) is 0 Å². The van der Waals surface area contributed by atoms with Crippen molar-refractivity contribution in [3.63, 3.8) is 0 Å². The second-order valence-corrected chi connectivity index (χ2v) is 18.5. The summed E-state index contributed by atoms with van der Waals surface area (Å²) in [6.45, 7) is 0. The van der Waals surface area contributed by atoms with Gasteiger partial charge in [-0.2, -0.15) is 0 Å². The summed E-state index contributed by atoms with van der Waals surface area (Å²) in [5, 5.41) is 8.47. The summed E-state index contributed by atoms with van der Waals surface area (Å²) < 4.78 is 0. The van der Waals surface area contributed by atoms with Gasteiger partial charge >= 0.3 is 208 Å². The van der Waals surface area contributed by atoms with Crippen LogP contribution in [0.1, 0.15) is 0 Å². The second-order valence-electron chi connectivity index (χ2n) is 8.99. The SMILES string of the molecule is ClC1[PH](c2ccccc2)(c2ccccc2)c2ccccc2[PH]1(c1ccccc1)c1ccccc1. The molecule has 34 heavy (non-hydrogen) atoms. The Balaban J connectivity index is 1.80. The van der Waals surface area contributed by atoms with Gasteiger partial charge in [0.25, 0.3) is 0 Å². The van der Waals surface area contributed by atoms with Gasteiger partial charge in [-0.25, -0.2) is 0 Å². The van der Waals surface area contributed by atoms with E-state index in [9.17, 15) is 0 Å². The van der Waals surface area contributed by atoms with Crippen LogP contribution in [-0.2, 0) is 0 Å². The standard InChI is InChI=1S/C31H27ClP2/c32-31-33(25-15-5-1-6-16-25,26-17-7-2-8-18-26)29-23-13-14-24-30(29)34(31,27-19-9-3-10-20-27)28-21-11-4-12-22-28/h1-24,31,33-34H. The molecule has 0 radical (unpaired) electrons. The zero-order valence-corrected chi connectivity index (χ0v) is 21.6. The van der Waals surface area contributed by atoms with E-state index in [1.165, 1.54) is 31.8 Å².